The number of rotatable bonds is 5. The Bertz CT molecular complexity index is 1260. The maximum atomic E-state index is 12.7. The number of hydrogen-bond donors (Lipinski definition) is 1. The molecule has 0 aliphatic carbocycles. The first kappa shape index (κ1) is 19.0. The van der Waals surface area contributed by atoms with Crippen molar-refractivity contribution in [3.8, 4) is 11.5 Å². The van der Waals surface area contributed by atoms with Gasteiger partial charge < -0.3 is 19.2 Å². The third kappa shape index (κ3) is 3.95. The van der Waals surface area contributed by atoms with E-state index < -0.39 is 0 Å². The number of nitrogens with one attached hydrogen (secondary N) is 1. The number of ether oxygens (including phenoxy) is 2. The average Bonchev–Trinajstić information content (AvgIpc) is 2.73. The quantitative estimate of drug-likeness (QED) is 0.441. The van der Waals surface area contributed by atoms with Crippen molar-refractivity contribution in [3.05, 3.63) is 75.4 Å². The summed E-state index contributed by atoms with van der Waals surface area (Å²) in [4.78, 5) is 25.0. The van der Waals surface area contributed by atoms with E-state index in [0.717, 1.165) is 4.47 Å². The van der Waals surface area contributed by atoms with E-state index in [0.29, 0.717) is 39.1 Å². The van der Waals surface area contributed by atoms with Crippen LogP contribution in [0, 0.1) is 0 Å². The number of carbonyl (C=O) groups excluding carboxylic acids is 1. The van der Waals surface area contributed by atoms with Gasteiger partial charge >= 0.3 is 0 Å². The molecule has 1 aromatic heterocycles. The van der Waals surface area contributed by atoms with Gasteiger partial charge in [-0.3, -0.25) is 9.59 Å². The molecule has 0 unspecified atom stereocenters. The maximum absolute atomic E-state index is 12.7. The van der Waals surface area contributed by atoms with Crippen molar-refractivity contribution in [2.45, 2.75) is 0 Å². The number of benzene rings is 3. The first-order chi connectivity index (χ1) is 14.0. The SMILES string of the molecule is COc1cccc2c(=O)c3ccc(NC(=O)COc4ccc(Br)cc4)cc3oc12. The standard InChI is InChI=1S/C22H16BrNO5/c1-27-18-4-2-3-17-21(26)16-10-7-14(11-19(16)29-22(17)18)24-20(25)12-28-15-8-5-13(23)6-9-15/h2-11H,12H2,1H3,(H,24,25). The van der Waals surface area contributed by atoms with Crippen LogP contribution in [0.15, 0.2) is 74.3 Å². The van der Waals surface area contributed by atoms with Gasteiger partial charge in [0.15, 0.2) is 17.9 Å². The third-order valence-electron chi connectivity index (χ3n) is 4.35. The zero-order chi connectivity index (χ0) is 20.4. The molecule has 0 atom stereocenters. The third-order valence-corrected chi connectivity index (χ3v) is 4.88. The normalized spacial score (nSPS) is 10.8. The van der Waals surface area contributed by atoms with Gasteiger partial charge in [-0.05, 0) is 48.5 Å². The summed E-state index contributed by atoms with van der Waals surface area (Å²) in [7, 11) is 1.51. The highest BCUT2D eigenvalue weighted by atomic mass is 79.9. The number of carbonyl (C=O) groups is 1. The minimum atomic E-state index is -0.326. The first-order valence-electron chi connectivity index (χ1n) is 8.77. The fourth-order valence-corrected chi connectivity index (χ4v) is 3.23. The molecule has 6 nitrogen and oxygen atoms in total. The molecule has 7 heteroatoms. The topological polar surface area (TPSA) is 77.8 Å². The van der Waals surface area contributed by atoms with Crippen LogP contribution in [0.2, 0.25) is 0 Å². The largest absolute Gasteiger partial charge is 0.493 e. The summed E-state index contributed by atoms with van der Waals surface area (Å²) < 4.78 is 17.6. The van der Waals surface area contributed by atoms with E-state index in [9.17, 15) is 9.59 Å². The summed E-state index contributed by atoms with van der Waals surface area (Å²) in [6.45, 7) is -0.144. The Labute approximate surface area is 174 Å². The summed E-state index contributed by atoms with van der Waals surface area (Å²) in [5.41, 5.74) is 1.07. The number of para-hydroxylation sites is 1. The van der Waals surface area contributed by atoms with Crippen molar-refractivity contribution in [3.63, 3.8) is 0 Å². The minimum Gasteiger partial charge on any atom is -0.493 e. The molecule has 4 aromatic rings. The van der Waals surface area contributed by atoms with E-state index in [1.165, 1.54) is 7.11 Å². The Hall–Kier alpha value is -3.32. The Morgan fingerprint density at radius 2 is 1.86 bits per heavy atom. The molecular formula is C22H16BrNO5. The van der Waals surface area contributed by atoms with Gasteiger partial charge in [0, 0.05) is 16.2 Å². The van der Waals surface area contributed by atoms with E-state index in [1.807, 2.05) is 12.1 Å². The van der Waals surface area contributed by atoms with E-state index in [4.69, 9.17) is 13.9 Å². The Balaban J connectivity index is 1.58. The van der Waals surface area contributed by atoms with Gasteiger partial charge in [0.2, 0.25) is 5.43 Å². The fourth-order valence-electron chi connectivity index (χ4n) is 2.96. The molecule has 0 aliphatic rings. The van der Waals surface area contributed by atoms with Gasteiger partial charge in [0.1, 0.15) is 11.3 Å². The van der Waals surface area contributed by atoms with Crippen molar-refractivity contribution >= 4 is 49.5 Å². The monoisotopic (exact) mass is 453 g/mol. The zero-order valence-electron chi connectivity index (χ0n) is 15.4. The lowest BCUT2D eigenvalue weighted by molar-refractivity contribution is -0.118. The highest BCUT2D eigenvalue weighted by Gasteiger charge is 2.12. The lowest BCUT2D eigenvalue weighted by Gasteiger charge is -2.09. The van der Waals surface area contributed by atoms with Crippen molar-refractivity contribution in [2.24, 2.45) is 0 Å². The second-order valence-corrected chi connectivity index (χ2v) is 7.19. The van der Waals surface area contributed by atoms with Crippen molar-refractivity contribution in [1.82, 2.24) is 0 Å². The summed E-state index contributed by atoms with van der Waals surface area (Å²) in [6.07, 6.45) is 0. The summed E-state index contributed by atoms with van der Waals surface area (Å²) in [6, 6.07) is 17.2. The number of amides is 1. The van der Waals surface area contributed by atoms with E-state index in [-0.39, 0.29) is 17.9 Å². The highest BCUT2D eigenvalue weighted by Crippen LogP contribution is 2.28. The molecule has 0 fully saturated rings. The molecule has 1 N–H and O–H groups in total. The van der Waals surface area contributed by atoms with Crippen LogP contribution in [-0.4, -0.2) is 19.6 Å². The van der Waals surface area contributed by atoms with Crippen LogP contribution in [0.3, 0.4) is 0 Å². The fraction of sp³-hybridized carbons (Fsp3) is 0.0909. The summed E-state index contributed by atoms with van der Waals surface area (Å²) >= 11 is 3.34. The number of fused-ring (bicyclic) bond motifs is 2. The summed E-state index contributed by atoms with van der Waals surface area (Å²) in [5, 5.41) is 3.61. The lowest BCUT2D eigenvalue weighted by Crippen LogP contribution is -2.20. The van der Waals surface area contributed by atoms with Crippen LogP contribution in [0.1, 0.15) is 0 Å². The molecule has 0 spiro atoms. The van der Waals surface area contributed by atoms with Crippen LogP contribution in [-0.2, 0) is 4.79 Å². The van der Waals surface area contributed by atoms with Crippen LogP contribution >= 0.6 is 15.9 Å². The molecule has 1 amide bonds. The van der Waals surface area contributed by atoms with Gasteiger partial charge in [-0.1, -0.05) is 22.0 Å². The zero-order valence-corrected chi connectivity index (χ0v) is 17.0. The molecular weight excluding hydrogens is 438 g/mol. The Morgan fingerprint density at radius 1 is 1.07 bits per heavy atom. The lowest BCUT2D eigenvalue weighted by atomic mass is 10.1. The number of hydrogen-bond acceptors (Lipinski definition) is 5. The van der Waals surface area contributed by atoms with E-state index in [2.05, 4.69) is 21.2 Å². The second kappa shape index (κ2) is 7.97. The van der Waals surface area contributed by atoms with Crippen LogP contribution < -0.4 is 20.2 Å². The Morgan fingerprint density at radius 3 is 2.62 bits per heavy atom. The van der Waals surface area contributed by atoms with E-state index >= 15 is 0 Å². The van der Waals surface area contributed by atoms with Crippen LogP contribution in [0.4, 0.5) is 5.69 Å². The van der Waals surface area contributed by atoms with Gasteiger partial charge in [0.25, 0.3) is 5.91 Å². The molecule has 146 valence electrons. The van der Waals surface area contributed by atoms with Crippen molar-refractivity contribution in [1.29, 1.82) is 0 Å². The Kier molecular flexibility index (Phi) is 5.22. The molecule has 29 heavy (non-hydrogen) atoms. The molecule has 4 rings (SSSR count). The first-order valence-corrected chi connectivity index (χ1v) is 9.56. The molecule has 3 aromatic carbocycles. The van der Waals surface area contributed by atoms with Gasteiger partial charge in [-0.2, -0.15) is 0 Å². The minimum absolute atomic E-state index is 0.144. The molecule has 0 radical (unpaired) electrons. The summed E-state index contributed by atoms with van der Waals surface area (Å²) in [5.74, 6) is 0.734. The number of halogens is 1. The van der Waals surface area contributed by atoms with Gasteiger partial charge in [0.05, 0.1) is 17.9 Å². The molecule has 0 saturated heterocycles. The van der Waals surface area contributed by atoms with Gasteiger partial charge in [-0.15, -0.1) is 0 Å². The highest BCUT2D eigenvalue weighted by molar-refractivity contribution is 9.10. The molecule has 0 bridgehead atoms. The number of methoxy groups -OCH3 is 1. The van der Waals surface area contributed by atoms with Gasteiger partial charge in [-0.25, -0.2) is 0 Å². The molecule has 0 saturated carbocycles. The average molecular weight is 454 g/mol. The second-order valence-electron chi connectivity index (χ2n) is 6.27. The molecule has 1 heterocycles. The maximum Gasteiger partial charge on any atom is 0.262 e. The number of anilines is 1. The predicted molar refractivity (Wildman–Crippen MR) is 115 cm³/mol. The predicted octanol–water partition coefficient (Wildman–Crippen LogP) is 4.73. The smallest absolute Gasteiger partial charge is 0.262 e. The van der Waals surface area contributed by atoms with E-state index in [1.54, 1.807) is 48.5 Å². The van der Waals surface area contributed by atoms with Crippen molar-refractivity contribution in [2.75, 3.05) is 19.0 Å². The van der Waals surface area contributed by atoms with Crippen LogP contribution in [0.5, 0.6) is 11.5 Å². The van der Waals surface area contributed by atoms with Crippen molar-refractivity contribution < 1.29 is 18.7 Å². The van der Waals surface area contributed by atoms with Crippen LogP contribution in [0.25, 0.3) is 21.9 Å². The molecule has 0 aliphatic heterocycles.